The zero-order valence-corrected chi connectivity index (χ0v) is 11.2. The third kappa shape index (κ3) is 2.84. The van der Waals surface area contributed by atoms with E-state index in [2.05, 4.69) is 12.1 Å². The van der Waals surface area contributed by atoms with Crippen LogP contribution < -0.4 is 0 Å². The Morgan fingerprint density at radius 3 is 2.11 bits per heavy atom. The second-order valence-corrected chi connectivity index (χ2v) is 4.71. The Kier molecular flexibility index (Phi) is 4.00. The largest absolute Gasteiger partial charge is 0.446 e. The van der Waals surface area contributed by atoms with Gasteiger partial charge in [-0.25, -0.2) is 4.79 Å². The quantitative estimate of drug-likeness (QED) is 0.803. The molecule has 1 radical (unpaired) electrons. The minimum absolute atomic E-state index is 0.600. The van der Waals surface area contributed by atoms with E-state index in [0.29, 0.717) is 6.42 Å². The van der Waals surface area contributed by atoms with Gasteiger partial charge in [0.05, 0.1) is 0 Å². The standard InChI is InChI=1S/C17H17O2/c1-3-17(2,19-13-18)16-11-9-15(10-12-16)14-7-5-4-6-8-14/h4-12H,3H2,1-2H3. The minimum Gasteiger partial charge on any atom is -0.446 e. The highest BCUT2D eigenvalue weighted by molar-refractivity contribution is 5.63. The molecule has 2 heteroatoms. The van der Waals surface area contributed by atoms with Gasteiger partial charge in [0.25, 0.3) is 0 Å². The van der Waals surface area contributed by atoms with Crippen LogP contribution in [0.3, 0.4) is 0 Å². The van der Waals surface area contributed by atoms with Crippen molar-refractivity contribution in [3.63, 3.8) is 0 Å². The van der Waals surface area contributed by atoms with E-state index in [1.165, 1.54) is 5.56 Å². The first-order chi connectivity index (χ1) is 9.19. The van der Waals surface area contributed by atoms with Gasteiger partial charge in [0.1, 0.15) is 5.60 Å². The SMILES string of the molecule is CCC(C)(O[C]=O)c1ccc(-c2ccccc2)cc1. The summed E-state index contributed by atoms with van der Waals surface area (Å²) in [6, 6.07) is 18.3. The Morgan fingerprint density at radius 1 is 1.00 bits per heavy atom. The molecular formula is C17H17O2. The third-order valence-electron chi connectivity index (χ3n) is 3.54. The van der Waals surface area contributed by atoms with Gasteiger partial charge in [-0.05, 0) is 30.0 Å². The van der Waals surface area contributed by atoms with Gasteiger partial charge in [-0.2, -0.15) is 0 Å². The third-order valence-corrected chi connectivity index (χ3v) is 3.54. The van der Waals surface area contributed by atoms with Gasteiger partial charge in [-0.1, -0.05) is 61.5 Å². The molecule has 0 fully saturated rings. The van der Waals surface area contributed by atoms with E-state index in [1.807, 2.05) is 56.3 Å². The lowest BCUT2D eigenvalue weighted by molar-refractivity contribution is 0.0635. The zero-order valence-electron chi connectivity index (χ0n) is 11.2. The van der Waals surface area contributed by atoms with Crippen LogP contribution in [0.15, 0.2) is 54.6 Å². The maximum atomic E-state index is 10.5. The lowest BCUT2D eigenvalue weighted by Gasteiger charge is -2.26. The van der Waals surface area contributed by atoms with Crippen LogP contribution >= 0.6 is 0 Å². The van der Waals surface area contributed by atoms with E-state index < -0.39 is 5.60 Å². The molecule has 0 spiro atoms. The van der Waals surface area contributed by atoms with Crippen LogP contribution in [0, 0.1) is 0 Å². The van der Waals surface area contributed by atoms with Crippen molar-refractivity contribution in [3.8, 4) is 11.1 Å². The summed E-state index contributed by atoms with van der Waals surface area (Å²) in [5, 5.41) is 0. The van der Waals surface area contributed by atoms with Crippen molar-refractivity contribution in [1.29, 1.82) is 0 Å². The molecule has 0 N–H and O–H groups in total. The van der Waals surface area contributed by atoms with E-state index in [0.717, 1.165) is 11.1 Å². The summed E-state index contributed by atoms with van der Waals surface area (Å²) in [4.78, 5) is 10.5. The van der Waals surface area contributed by atoms with Crippen LogP contribution in [-0.2, 0) is 15.1 Å². The molecule has 0 aliphatic rings. The molecule has 2 aromatic carbocycles. The lowest BCUT2D eigenvalue weighted by atomic mass is 9.91. The van der Waals surface area contributed by atoms with Gasteiger partial charge < -0.3 is 4.74 Å². The Labute approximate surface area is 114 Å². The molecule has 2 aromatic rings. The van der Waals surface area contributed by atoms with Crippen molar-refractivity contribution in [2.75, 3.05) is 0 Å². The van der Waals surface area contributed by atoms with Crippen LogP contribution in [0.1, 0.15) is 25.8 Å². The molecular weight excluding hydrogens is 236 g/mol. The Balaban J connectivity index is 2.30. The van der Waals surface area contributed by atoms with Crippen molar-refractivity contribution in [1.82, 2.24) is 0 Å². The van der Waals surface area contributed by atoms with Gasteiger partial charge in [0.15, 0.2) is 0 Å². The zero-order chi connectivity index (χ0) is 13.7. The average molecular weight is 253 g/mol. The van der Waals surface area contributed by atoms with E-state index in [9.17, 15) is 4.79 Å². The fourth-order valence-corrected chi connectivity index (χ4v) is 2.07. The van der Waals surface area contributed by atoms with Crippen molar-refractivity contribution in [3.05, 3.63) is 60.2 Å². The molecule has 1 unspecified atom stereocenters. The van der Waals surface area contributed by atoms with E-state index in [4.69, 9.17) is 4.74 Å². The first-order valence-corrected chi connectivity index (χ1v) is 6.41. The highest BCUT2D eigenvalue weighted by Gasteiger charge is 2.26. The van der Waals surface area contributed by atoms with Gasteiger partial charge in [0, 0.05) is 0 Å². The van der Waals surface area contributed by atoms with Gasteiger partial charge in [-0.3, -0.25) is 0 Å². The number of ether oxygens (including phenoxy) is 1. The van der Waals surface area contributed by atoms with Gasteiger partial charge in [0.2, 0.25) is 0 Å². The second kappa shape index (κ2) is 5.70. The van der Waals surface area contributed by atoms with Crippen LogP contribution in [0.2, 0.25) is 0 Å². The monoisotopic (exact) mass is 253 g/mol. The number of hydrogen-bond acceptors (Lipinski definition) is 2. The van der Waals surface area contributed by atoms with Crippen LogP contribution in [-0.4, -0.2) is 6.47 Å². The fraction of sp³-hybridized carbons (Fsp3) is 0.235. The molecule has 2 rings (SSSR count). The van der Waals surface area contributed by atoms with Crippen molar-refractivity contribution in [2.24, 2.45) is 0 Å². The lowest BCUT2D eigenvalue weighted by Crippen LogP contribution is -2.24. The predicted molar refractivity (Wildman–Crippen MR) is 76.3 cm³/mol. The molecule has 0 bridgehead atoms. The molecule has 0 saturated heterocycles. The van der Waals surface area contributed by atoms with Crippen LogP contribution in [0.4, 0.5) is 0 Å². The first kappa shape index (κ1) is 13.3. The summed E-state index contributed by atoms with van der Waals surface area (Å²) < 4.78 is 5.10. The van der Waals surface area contributed by atoms with Crippen molar-refractivity contribution in [2.45, 2.75) is 25.9 Å². The number of rotatable bonds is 5. The van der Waals surface area contributed by atoms with Crippen molar-refractivity contribution >= 4 is 6.47 Å². The number of carbonyl (C=O) groups excluding carboxylic acids is 1. The summed E-state index contributed by atoms with van der Waals surface area (Å²) >= 11 is 0. The molecule has 0 amide bonds. The molecule has 2 nitrogen and oxygen atoms in total. The van der Waals surface area contributed by atoms with Gasteiger partial charge >= 0.3 is 6.47 Å². The number of hydrogen-bond donors (Lipinski definition) is 0. The average Bonchev–Trinajstić information content (AvgIpc) is 2.48. The molecule has 0 heterocycles. The minimum atomic E-state index is -0.600. The smallest absolute Gasteiger partial charge is 0.418 e. The van der Waals surface area contributed by atoms with Crippen LogP contribution in [0.25, 0.3) is 11.1 Å². The molecule has 0 aromatic heterocycles. The molecule has 0 saturated carbocycles. The fourth-order valence-electron chi connectivity index (χ4n) is 2.07. The summed E-state index contributed by atoms with van der Waals surface area (Å²) in [5.41, 5.74) is 2.71. The molecule has 97 valence electrons. The molecule has 0 aliphatic carbocycles. The second-order valence-electron chi connectivity index (χ2n) is 4.71. The Bertz CT molecular complexity index is 531. The van der Waals surface area contributed by atoms with E-state index in [1.54, 1.807) is 6.47 Å². The maximum absolute atomic E-state index is 10.5. The van der Waals surface area contributed by atoms with Crippen LogP contribution in [0.5, 0.6) is 0 Å². The number of benzene rings is 2. The summed E-state index contributed by atoms with van der Waals surface area (Å²) in [5.74, 6) is 0. The molecule has 1 atom stereocenters. The summed E-state index contributed by atoms with van der Waals surface area (Å²) in [7, 11) is 0. The first-order valence-electron chi connectivity index (χ1n) is 6.41. The molecule has 0 aliphatic heterocycles. The maximum Gasteiger partial charge on any atom is 0.418 e. The highest BCUT2D eigenvalue weighted by Crippen LogP contribution is 2.30. The van der Waals surface area contributed by atoms with Crippen molar-refractivity contribution < 1.29 is 9.53 Å². The highest BCUT2D eigenvalue weighted by atomic mass is 16.5. The summed E-state index contributed by atoms with van der Waals surface area (Å²) in [6.07, 6.45) is 0.715. The normalized spacial score (nSPS) is 13.6. The Morgan fingerprint density at radius 2 is 1.58 bits per heavy atom. The van der Waals surface area contributed by atoms with E-state index in [-0.39, 0.29) is 0 Å². The van der Waals surface area contributed by atoms with Gasteiger partial charge in [-0.15, -0.1) is 0 Å². The van der Waals surface area contributed by atoms with E-state index >= 15 is 0 Å². The predicted octanol–water partition coefficient (Wildman–Crippen LogP) is 4.06. The summed E-state index contributed by atoms with van der Waals surface area (Å²) in [6.45, 7) is 5.44. The molecule has 19 heavy (non-hydrogen) atoms. The Hall–Kier alpha value is -2.09. The topological polar surface area (TPSA) is 26.3 Å².